The standard InChI is InChI=1S/C17H27NO3/c1-2-18(10-11-19)12-15(20)13-21-17-9-5-7-14-6-3-4-8-16(14)17/h3-4,6,8,15,17,19-20H,2,5,7,9-13H2,1H3. The number of aryl methyl sites for hydroxylation is 1. The Kier molecular flexibility index (Phi) is 6.64. The van der Waals surface area contributed by atoms with E-state index in [0.717, 1.165) is 25.8 Å². The third-order valence-corrected chi connectivity index (χ3v) is 4.14. The van der Waals surface area contributed by atoms with Crippen LogP contribution in [0.25, 0.3) is 0 Å². The zero-order valence-corrected chi connectivity index (χ0v) is 12.9. The van der Waals surface area contributed by atoms with Crippen LogP contribution in [0.3, 0.4) is 0 Å². The van der Waals surface area contributed by atoms with Crippen molar-refractivity contribution >= 4 is 0 Å². The van der Waals surface area contributed by atoms with Crippen molar-refractivity contribution in [3.63, 3.8) is 0 Å². The fourth-order valence-electron chi connectivity index (χ4n) is 2.98. The predicted molar refractivity (Wildman–Crippen MR) is 83.3 cm³/mol. The van der Waals surface area contributed by atoms with Gasteiger partial charge in [-0.1, -0.05) is 31.2 Å². The molecule has 1 aromatic rings. The molecule has 0 spiro atoms. The number of aliphatic hydroxyl groups is 2. The summed E-state index contributed by atoms with van der Waals surface area (Å²) in [6.07, 6.45) is 2.89. The van der Waals surface area contributed by atoms with Crippen LogP contribution in [0.4, 0.5) is 0 Å². The highest BCUT2D eigenvalue weighted by molar-refractivity contribution is 5.31. The summed E-state index contributed by atoms with van der Waals surface area (Å²) >= 11 is 0. The van der Waals surface area contributed by atoms with E-state index in [0.29, 0.717) is 19.7 Å². The highest BCUT2D eigenvalue weighted by atomic mass is 16.5. The van der Waals surface area contributed by atoms with E-state index in [9.17, 15) is 5.11 Å². The SMILES string of the molecule is CCN(CCO)CC(O)COC1CCCc2ccccc21. The number of rotatable bonds is 8. The molecule has 2 N–H and O–H groups in total. The predicted octanol–water partition coefficient (Wildman–Crippen LogP) is 1.76. The Hall–Kier alpha value is -0.940. The zero-order chi connectivity index (χ0) is 15.1. The van der Waals surface area contributed by atoms with Gasteiger partial charge in [-0.2, -0.15) is 0 Å². The highest BCUT2D eigenvalue weighted by Crippen LogP contribution is 2.32. The van der Waals surface area contributed by atoms with E-state index in [1.165, 1.54) is 11.1 Å². The van der Waals surface area contributed by atoms with Crippen molar-refractivity contribution in [1.82, 2.24) is 4.90 Å². The number of hydrogen-bond donors (Lipinski definition) is 2. The summed E-state index contributed by atoms with van der Waals surface area (Å²) in [4.78, 5) is 2.03. The molecular formula is C17H27NO3. The summed E-state index contributed by atoms with van der Waals surface area (Å²) in [6, 6.07) is 8.43. The van der Waals surface area contributed by atoms with Crippen LogP contribution in [0, 0.1) is 0 Å². The summed E-state index contributed by atoms with van der Waals surface area (Å²) in [5.41, 5.74) is 2.65. The molecule has 0 amide bonds. The van der Waals surface area contributed by atoms with Gasteiger partial charge in [0.1, 0.15) is 0 Å². The Morgan fingerprint density at radius 2 is 2.19 bits per heavy atom. The van der Waals surface area contributed by atoms with Crippen molar-refractivity contribution in [1.29, 1.82) is 0 Å². The molecule has 0 radical (unpaired) electrons. The Morgan fingerprint density at radius 1 is 1.38 bits per heavy atom. The monoisotopic (exact) mass is 293 g/mol. The minimum Gasteiger partial charge on any atom is -0.395 e. The summed E-state index contributed by atoms with van der Waals surface area (Å²) in [6.45, 7) is 4.47. The van der Waals surface area contributed by atoms with Crippen LogP contribution in [-0.2, 0) is 11.2 Å². The maximum Gasteiger partial charge on any atom is 0.0900 e. The van der Waals surface area contributed by atoms with Crippen LogP contribution < -0.4 is 0 Å². The number of ether oxygens (including phenoxy) is 1. The molecule has 0 fully saturated rings. The maximum atomic E-state index is 10.1. The van der Waals surface area contributed by atoms with Crippen LogP contribution in [0.15, 0.2) is 24.3 Å². The van der Waals surface area contributed by atoms with Crippen LogP contribution in [0.1, 0.15) is 37.0 Å². The first kappa shape index (κ1) is 16.4. The molecule has 0 aliphatic heterocycles. The highest BCUT2D eigenvalue weighted by Gasteiger charge is 2.21. The fraction of sp³-hybridized carbons (Fsp3) is 0.647. The van der Waals surface area contributed by atoms with Crippen LogP contribution in [0.2, 0.25) is 0 Å². The largest absolute Gasteiger partial charge is 0.395 e. The average Bonchev–Trinajstić information content (AvgIpc) is 2.52. The summed E-state index contributed by atoms with van der Waals surface area (Å²) in [7, 11) is 0. The van der Waals surface area contributed by atoms with Crippen molar-refractivity contribution < 1.29 is 14.9 Å². The Balaban J connectivity index is 1.83. The molecule has 4 heteroatoms. The molecule has 2 atom stereocenters. The van der Waals surface area contributed by atoms with Gasteiger partial charge in [0.15, 0.2) is 0 Å². The Morgan fingerprint density at radius 3 is 2.95 bits per heavy atom. The second-order valence-corrected chi connectivity index (χ2v) is 5.68. The van der Waals surface area contributed by atoms with Gasteiger partial charge in [-0.05, 0) is 36.9 Å². The van der Waals surface area contributed by atoms with Gasteiger partial charge in [0, 0.05) is 13.1 Å². The quantitative estimate of drug-likeness (QED) is 0.767. The molecular weight excluding hydrogens is 266 g/mol. The molecule has 0 heterocycles. The summed E-state index contributed by atoms with van der Waals surface area (Å²) in [5, 5.41) is 19.1. The van der Waals surface area contributed by atoms with E-state index in [4.69, 9.17) is 9.84 Å². The molecule has 0 bridgehead atoms. The Labute approximate surface area is 127 Å². The molecule has 2 rings (SSSR count). The van der Waals surface area contributed by atoms with Crippen molar-refractivity contribution in [2.24, 2.45) is 0 Å². The first-order valence-corrected chi connectivity index (χ1v) is 7.95. The molecule has 1 aliphatic carbocycles. The van der Waals surface area contributed by atoms with Crippen molar-refractivity contribution in [2.75, 3.05) is 32.8 Å². The van der Waals surface area contributed by atoms with Crippen molar-refractivity contribution in [3.8, 4) is 0 Å². The number of benzene rings is 1. The first-order valence-electron chi connectivity index (χ1n) is 7.95. The number of aliphatic hydroxyl groups excluding tert-OH is 2. The molecule has 1 aliphatic rings. The third-order valence-electron chi connectivity index (χ3n) is 4.14. The van der Waals surface area contributed by atoms with E-state index in [-0.39, 0.29) is 12.7 Å². The molecule has 21 heavy (non-hydrogen) atoms. The molecule has 2 unspecified atom stereocenters. The normalized spacial score (nSPS) is 19.5. The van der Waals surface area contributed by atoms with Gasteiger partial charge in [0.05, 0.1) is 25.4 Å². The lowest BCUT2D eigenvalue weighted by Crippen LogP contribution is -2.37. The molecule has 0 saturated carbocycles. The maximum absolute atomic E-state index is 10.1. The third kappa shape index (κ3) is 4.78. The van der Waals surface area contributed by atoms with Gasteiger partial charge in [0.2, 0.25) is 0 Å². The van der Waals surface area contributed by atoms with Crippen LogP contribution in [0.5, 0.6) is 0 Å². The van der Waals surface area contributed by atoms with Crippen molar-refractivity contribution in [3.05, 3.63) is 35.4 Å². The molecule has 0 aromatic heterocycles. The van der Waals surface area contributed by atoms with E-state index >= 15 is 0 Å². The van der Waals surface area contributed by atoms with E-state index in [2.05, 4.69) is 24.3 Å². The Bertz CT molecular complexity index is 424. The number of nitrogens with zero attached hydrogens (tertiary/aromatic N) is 1. The van der Waals surface area contributed by atoms with Gasteiger partial charge < -0.3 is 14.9 Å². The van der Waals surface area contributed by atoms with E-state index in [1.807, 2.05) is 11.8 Å². The van der Waals surface area contributed by atoms with E-state index in [1.54, 1.807) is 0 Å². The van der Waals surface area contributed by atoms with Gasteiger partial charge in [0.25, 0.3) is 0 Å². The van der Waals surface area contributed by atoms with E-state index < -0.39 is 6.10 Å². The molecule has 1 aromatic carbocycles. The smallest absolute Gasteiger partial charge is 0.0900 e. The second kappa shape index (κ2) is 8.49. The number of likely N-dealkylation sites (N-methyl/N-ethyl adjacent to an activating group) is 1. The van der Waals surface area contributed by atoms with Gasteiger partial charge in [-0.25, -0.2) is 0 Å². The van der Waals surface area contributed by atoms with Gasteiger partial charge in [-0.15, -0.1) is 0 Å². The lowest BCUT2D eigenvalue weighted by atomic mass is 9.89. The van der Waals surface area contributed by atoms with Crippen LogP contribution >= 0.6 is 0 Å². The zero-order valence-electron chi connectivity index (χ0n) is 12.9. The minimum absolute atomic E-state index is 0.109. The van der Waals surface area contributed by atoms with Gasteiger partial charge in [-0.3, -0.25) is 4.90 Å². The molecule has 0 saturated heterocycles. The minimum atomic E-state index is -0.509. The second-order valence-electron chi connectivity index (χ2n) is 5.68. The van der Waals surface area contributed by atoms with Crippen molar-refractivity contribution in [2.45, 2.75) is 38.4 Å². The average molecular weight is 293 g/mol. The number of hydrogen-bond acceptors (Lipinski definition) is 4. The topological polar surface area (TPSA) is 52.9 Å². The molecule has 118 valence electrons. The fourth-order valence-corrected chi connectivity index (χ4v) is 2.98. The summed E-state index contributed by atoms with van der Waals surface area (Å²) in [5.74, 6) is 0. The summed E-state index contributed by atoms with van der Waals surface area (Å²) < 4.78 is 5.96. The first-order chi connectivity index (χ1) is 10.2. The van der Waals surface area contributed by atoms with Crippen LogP contribution in [-0.4, -0.2) is 54.1 Å². The number of fused-ring (bicyclic) bond motifs is 1. The van der Waals surface area contributed by atoms with Gasteiger partial charge >= 0.3 is 0 Å². The molecule has 4 nitrogen and oxygen atoms in total. The lowest BCUT2D eigenvalue weighted by molar-refractivity contribution is -0.0287. The lowest BCUT2D eigenvalue weighted by Gasteiger charge is -2.28.